The minimum Gasteiger partial charge on any atom is -0.462 e. The Kier molecular flexibility index (Phi) is 7.13. The molecule has 1 unspecified atom stereocenters. The summed E-state index contributed by atoms with van der Waals surface area (Å²) in [4.78, 5) is 32.2. The minimum absolute atomic E-state index is 0.00728. The Hall–Kier alpha value is -2.43. The summed E-state index contributed by atoms with van der Waals surface area (Å²) in [5, 5.41) is 0.769. The average Bonchev–Trinajstić information content (AvgIpc) is 2.86. The SMILES string of the molecule is CC1=NC2=C(C(=O)C[C@@H](c3ccccc3)C2)[C@@H](c2cccc(Cl)c2Cl)C1C(=O)OC1CCCCC1. The minimum atomic E-state index is -0.705. The Balaban J connectivity index is 1.56. The van der Waals surface area contributed by atoms with Gasteiger partial charge in [-0.3, -0.25) is 14.6 Å². The van der Waals surface area contributed by atoms with Crippen LogP contribution in [-0.2, 0) is 14.3 Å². The van der Waals surface area contributed by atoms with Crippen LogP contribution in [0.15, 0.2) is 64.8 Å². The number of carbonyl (C=O) groups is 2. The van der Waals surface area contributed by atoms with Crippen molar-refractivity contribution in [2.24, 2.45) is 10.9 Å². The summed E-state index contributed by atoms with van der Waals surface area (Å²) in [6.07, 6.45) is 5.98. The van der Waals surface area contributed by atoms with Gasteiger partial charge < -0.3 is 4.74 Å². The van der Waals surface area contributed by atoms with Crippen molar-refractivity contribution in [3.8, 4) is 0 Å². The summed E-state index contributed by atoms with van der Waals surface area (Å²) in [7, 11) is 0. The van der Waals surface area contributed by atoms with Crippen LogP contribution in [0, 0.1) is 5.92 Å². The third kappa shape index (κ3) is 4.83. The van der Waals surface area contributed by atoms with Crippen LogP contribution in [0.25, 0.3) is 0 Å². The lowest BCUT2D eigenvalue weighted by Crippen LogP contribution is -2.39. The molecule has 35 heavy (non-hydrogen) atoms. The van der Waals surface area contributed by atoms with Crippen molar-refractivity contribution in [2.45, 2.75) is 69.8 Å². The third-order valence-corrected chi connectivity index (χ3v) is 8.40. The van der Waals surface area contributed by atoms with Gasteiger partial charge in [0.05, 0.1) is 10.0 Å². The van der Waals surface area contributed by atoms with Gasteiger partial charge in [0.1, 0.15) is 12.0 Å². The monoisotopic (exact) mass is 509 g/mol. The predicted octanol–water partition coefficient (Wildman–Crippen LogP) is 7.44. The van der Waals surface area contributed by atoms with Crippen molar-refractivity contribution in [3.05, 3.63) is 81.0 Å². The molecule has 1 saturated carbocycles. The molecule has 3 atom stereocenters. The molecular weight excluding hydrogens is 481 g/mol. The summed E-state index contributed by atoms with van der Waals surface area (Å²) in [5.41, 5.74) is 3.79. The lowest BCUT2D eigenvalue weighted by Gasteiger charge is -2.37. The molecule has 0 amide bonds. The van der Waals surface area contributed by atoms with Gasteiger partial charge in [0.15, 0.2) is 5.78 Å². The lowest BCUT2D eigenvalue weighted by molar-refractivity contribution is -0.153. The molecule has 2 aliphatic carbocycles. The van der Waals surface area contributed by atoms with E-state index in [2.05, 4.69) is 12.1 Å². The first-order chi connectivity index (χ1) is 16.9. The van der Waals surface area contributed by atoms with E-state index in [-0.39, 0.29) is 23.8 Å². The molecule has 1 aliphatic heterocycles. The van der Waals surface area contributed by atoms with Gasteiger partial charge in [-0.25, -0.2) is 0 Å². The van der Waals surface area contributed by atoms with Crippen LogP contribution < -0.4 is 0 Å². The zero-order valence-electron chi connectivity index (χ0n) is 19.8. The summed E-state index contributed by atoms with van der Waals surface area (Å²) in [6.45, 7) is 1.86. The zero-order valence-corrected chi connectivity index (χ0v) is 21.3. The number of aliphatic imine (C=N–C) groups is 1. The molecule has 0 aromatic heterocycles. The Labute approximate surface area is 216 Å². The topological polar surface area (TPSA) is 55.7 Å². The molecule has 4 nitrogen and oxygen atoms in total. The molecule has 6 heteroatoms. The summed E-state index contributed by atoms with van der Waals surface area (Å²) in [6, 6.07) is 15.5. The number of benzene rings is 2. The van der Waals surface area contributed by atoms with Gasteiger partial charge in [-0.15, -0.1) is 0 Å². The highest BCUT2D eigenvalue weighted by molar-refractivity contribution is 6.42. The standard InChI is InChI=1S/C29H29Cl2NO3/c1-17-25(29(34)35-20-11-6-3-7-12-20)26(21-13-8-14-22(30)28(21)31)27-23(32-17)15-19(16-24(27)33)18-9-4-2-5-10-18/h2,4-5,8-10,13-14,19-20,25-26H,3,6-7,11-12,15-16H2,1H3/t19-,25?,26-/m0/s1. The second-order valence-corrected chi connectivity index (χ2v) is 10.6. The second-order valence-electron chi connectivity index (χ2n) is 9.85. The number of halogens is 2. The van der Waals surface area contributed by atoms with Crippen LogP contribution in [0.1, 0.15) is 74.8 Å². The average molecular weight is 510 g/mol. The van der Waals surface area contributed by atoms with Gasteiger partial charge in [0.25, 0.3) is 0 Å². The number of hydrogen-bond donors (Lipinski definition) is 0. The van der Waals surface area contributed by atoms with E-state index >= 15 is 0 Å². The number of rotatable bonds is 4. The van der Waals surface area contributed by atoms with Crippen LogP contribution in [0.5, 0.6) is 0 Å². The molecule has 0 saturated heterocycles. The predicted molar refractivity (Wildman–Crippen MR) is 139 cm³/mol. The van der Waals surface area contributed by atoms with Crippen molar-refractivity contribution in [3.63, 3.8) is 0 Å². The van der Waals surface area contributed by atoms with E-state index < -0.39 is 11.8 Å². The van der Waals surface area contributed by atoms with Crippen LogP contribution in [0.4, 0.5) is 0 Å². The first-order valence-electron chi connectivity index (χ1n) is 12.4. The van der Waals surface area contributed by atoms with Crippen LogP contribution in [-0.4, -0.2) is 23.6 Å². The number of hydrogen-bond acceptors (Lipinski definition) is 4. The first-order valence-corrected chi connectivity index (χ1v) is 13.2. The van der Waals surface area contributed by atoms with E-state index in [1.165, 1.54) is 6.42 Å². The van der Waals surface area contributed by atoms with E-state index in [1.807, 2.05) is 37.3 Å². The van der Waals surface area contributed by atoms with Gasteiger partial charge in [-0.05, 0) is 62.1 Å². The third-order valence-electron chi connectivity index (χ3n) is 7.57. The van der Waals surface area contributed by atoms with Gasteiger partial charge >= 0.3 is 5.97 Å². The molecule has 2 aromatic carbocycles. The van der Waals surface area contributed by atoms with E-state index in [1.54, 1.807) is 6.07 Å². The molecule has 1 heterocycles. The van der Waals surface area contributed by atoms with E-state index in [9.17, 15) is 9.59 Å². The molecule has 3 aliphatic rings. The normalized spacial score (nSPS) is 25.2. The number of ketones is 1. The van der Waals surface area contributed by atoms with Crippen molar-refractivity contribution in [1.29, 1.82) is 0 Å². The van der Waals surface area contributed by atoms with Crippen LogP contribution >= 0.6 is 23.2 Å². The molecule has 1 fully saturated rings. The van der Waals surface area contributed by atoms with Crippen LogP contribution in [0.3, 0.4) is 0 Å². The molecule has 0 spiro atoms. The Morgan fingerprint density at radius 2 is 1.71 bits per heavy atom. The highest BCUT2D eigenvalue weighted by Crippen LogP contribution is 2.49. The van der Waals surface area contributed by atoms with Crippen molar-refractivity contribution >= 4 is 40.7 Å². The number of allylic oxidation sites excluding steroid dienone is 2. The highest BCUT2D eigenvalue weighted by atomic mass is 35.5. The van der Waals surface area contributed by atoms with E-state index in [0.29, 0.717) is 39.7 Å². The lowest BCUT2D eigenvalue weighted by atomic mass is 9.69. The molecule has 182 valence electrons. The van der Waals surface area contributed by atoms with Crippen molar-refractivity contribution < 1.29 is 14.3 Å². The fourth-order valence-corrected chi connectivity index (χ4v) is 6.27. The molecule has 2 aromatic rings. The number of esters is 1. The smallest absolute Gasteiger partial charge is 0.315 e. The number of carbonyl (C=O) groups excluding carboxylic acids is 2. The Morgan fingerprint density at radius 3 is 2.46 bits per heavy atom. The van der Waals surface area contributed by atoms with Gasteiger partial charge in [0.2, 0.25) is 0 Å². The molecular formula is C29H29Cl2NO3. The molecule has 0 bridgehead atoms. The molecule has 0 N–H and O–H groups in total. The number of ether oxygens (including phenoxy) is 1. The van der Waals surface area contributed by atoms with Crippen LogP contribution in [0.2, 0.25) is 10.0 Å². The second kappa shape index (κ2) is 10.3. The molecule has 5 rings (SSSR count). The Morgan fingerprint density at radius 1 is 0.971 bits per heavy atom. The van der Waals surface area contributed by atoms with Gasteiger partial charge in [0, 0.05) is 29.3 Å². The maximum Gasteiger partial charge on any atom is 0.315 e. The summed E-state index contributed by atoms with van der Waals surface area (Å²) in [5.74, 6) is -1.53. The van der Waals surface area contributed by atoms with E-state index in [4.69, 9.17) is 32.9 Å². The largest absolute Gasteiger partial charge is 0.462 e. The van der Waals surface area contributed by atoms with Gasteiger partial charge in [-0.1, -0.05) is 72.1 Å². The fraction of sp³-hybridized carbons (Fsp3) is 0.414. The highest BCUT2D eigenvalue weighted by Gasteiger charge is 2.46. The fourth-order valence-electron chi connectivity index (χ4n) is 5.84. The Bertz CT molecular complexity index is 1200. The quantitative estimate of drug-likeness (QED) is 0.402. The number of nitrogens with zero attached hydrogens (tertiary/aromatic N) is 1. The van der Waals surface area contributed by atoms with E-state index in [0.717, 1.165) is 36.9 Å². The van der Waals surface area contributed by atoms with Crippen molar-refractivity contribution in [1.82, 2.24) is 0 Å². The zero-order chi connectivity index (χ0) is 24.5. The number of Topliss-reactive ketones (excluding diaryl/α,β-unsaturated/α-hetero) is 1. The maximum absolute atomic E-state index is 13.7. The first kappa shape index (κ1) is 24.3. The summed E-state index contributed by atoms with van der Waals surface area (Å²) < 4.78 is 6.00. The molecule has 0 radical (unpaired) electrons. The van der Waals surface area contributed by atoms with Crippen molar-refractivity contribution in [2.75, 3.05) is 0 Å². The van der Waals surface area contributed by atoms with Gasteiger partial charge in [-0.2, -0.15) is 0 Å². The summed E-state index contributed by atoms with van der Waals surface area (Å²) >= 11 is 13.1. The maximum atomic E-state index is 13.7.